The molecule has 6 heterocycles. The van der Waals surface area contributed by atoms with Crippen molar-refractivity contribution in [3.8, 4) is 11.5 Å². The van der Waals surface area contributed by atoms with Gasteiger partial charge in [0.05, 0.1) is 41.7 Å². The molecular formula is C30H35N5O5. The molecule has 2 bridgehead atoms. The number of fused-ring (bicyclic) bond motifs is 5. The third-order valence-electron chi connectivity index (χ3n) is 9.29. The van der Waals surface area contributed by atoms with Crippen molar-refractivity contribution in [2.75, 3.05) is 25.1 Å². The van der Waals surface area contributed by atoms with Crippen molar-refractivity contribution in [1.29, 1.82) is 0 Å². The third kappa shape index (κ3) is 4.94. The second-order valence-electron chi connectivity index (χ2n) is 12.0. The maximum atomic E-state index is 12.9. The lowest BCUT2D eigenvalue weighted by molar-refractivity contribution is -0.167. The van der Waals surface area contributed by atoms with Crippen LogP contribution in [0, 0.1) is 11.8 Å². The van der Waals surface area contributed by atoms with Gasteiger partial charge in [0.1, 0.15) is 5.75 Å². The summed E-state index contributed by atoms with van der Waals surface area (Å²) in [5.41, 5.74) is 2.11. The van der Waals surface area contributed by atoms with E-state index >= 15 is 0 Å². The Morgan fingerprint density at radius 3 is 2.80 bits per heavy atom. The van der Waals surface area contributed by atoms with E-state index in [-0.39, 0.29) is 29.2 Å². The number of rotatable bonds is 9. The molecule has 0 spiro atoms. The highest BCUT2D eigenvalue weighted by Gasteiger charge is 2.49. The van der Waals surface area contributed by atoms with Crippen molar-refractivity contribution in [2.24, 2.45) is 11.8 Å². The number of carbonyl (C=O) groups excluding carboxylic acids is 1. The number of nitrogens with one attached hydrogen (secondary N) is 2. The summed E-state index contributed by atoms with van der Waals surface area (Å²) < 4.78 is 19.8. The van der Waals surface area contributed by atoms with Gasteiger partial charge in [-0.25, -0.2) is 4.98 Å². The number of hydrogen-bond donors (Lipinski definition) is 2. The average molecular weight is 546 g/mol. The molecule has 0 aromatic carbocycles. The molecule has 1 amide bonds. The normalized spacial score (nSPS) is 28.6. The predicted octanol–water partition coefficient (Wildman–Crippen LogP) is 3.42. The van der Waals surface area contributed by atoms with Crippen molar-refractivity contribution in [1.82, 2.24) is 19.9 Å². The van der Waals surface area contributed by atoms with Gasteiger partial charge in [-0.15, -0.1) is 0 Å². The van der Waals surface area contributed by atoms with Gasteiger partial charge in [0.15, 0.2) is 18.2 Å². The number of amides is 1. The summed E-state index contributed by atoms with van der Waals surface area (Å²) in [5, 5.41) is 6.47. The van der Waals surface area contributed by atoms with E-state index in [1.165, 1.54) is 6.42 Å². The first-order chi connectivity index (χ1) is 19.4. The molecule has 5 aliphatic rings. The van der Waals surface area contributed by atoms with Crippen LogP contribution in [0.1, 0.15) is 51.1 Å². The van der Waals surface area contributed by atoms with E-state index in [2.05, 4.69) is 27.5 Å². The zero-order chi connectivity index (χ0) is 27.3. The summed E-state index contributed by atoms with van der Waals surface area (Å²) in [5.74, 6) is 2.95. The van der Waals surface area contributed by atoms with Gasteiger partial charge in [-0.05, 0) is 68.6 Å². The zero-order valence-corrected chi connectivity index (χ0v) is 22.8. The lowest BCUT2D eigenvalue weighted by Crippen LogP contribution is -2.61. The molecule has 210 valence electrons. The van der Waals surface area contributed by atoms with E-state index in [1.54, 1.807) is 18.3 Å². The highest BCUT2D eigenvalue weighted by molar-refractivity contribution is 5.94. The highest BCUT2D eigenvalue weighted by Crippen LogP contribution is 2.46. The number of anilines is 1. The van der Waals surface area contributed by atoms with Crippen molar-refractivity contribution in [2.45, 2.75) is 69.7 Å². The quantitative estimate of drug-likeness (QED) is 0.420. The number of carbonyl (C=O) groups is 1. The van der Waals surface area contributed by atoms with Gasteiger partial charge in [-0.1, -0.05) is 6.92 Å². The minimum absolute atomic E-state index is 0.0235. The van der Waals surface area contributed by atoms with Crippen LogP contribution in [0.3, 0.4) is 0 Å². The van der Waals surface area contributed by atoms with Gasteiger partial charge in [-0.2, -0.15) is 0 Å². The smallest absolute Gasteiger partial charge is 0.263 e. The topological polar surface area (TPSA) is 117 Å². The van der Waals surface area contributed by atoms with Crippen LogP contribution in [-0.4, -0.2) is 51.4 Å². The molecule has 8 rings (SSSR count). The maximum Gasteiger partial charge on any atom is 0.263 e. The molecule has 3 aromatic heterocycles. The molecule has 40 heavy (non-hydrogen) atoms. The Labute approximate surface area is 232 Å². The summed E-state index contributed by atoms with van der Waals surface area (Å²) in [4.78, 5) is 33.7. The minimum Gasteiger partial charge on any atom is -0.492 e. The Morgan fingerprint density at radius 1 is 1.18 bits per heavy atom. The summed E-state index contributed by atoms with van der Waals surface area (Å²) in [7, 11) is 0. The number of hydrogen-bond acceptors (Lipinski definition) is 8. The van der Waals surface area contributed by atoms with Gasteiger partial charge in [0.2, 0.25) is 0 Å². The SMILES string of the molecule is CC1CC1COc1cnc2ccc(=O)n(CCC34CCC(NCc5ccc6c(n5)NC(=O)CO6)(CC3)CO4)c2c1. The monoisotopic (exact) mass is 545 g/mol. The van der Waals surface area contributed by atoms with Gasteiger partial charge >= 0.3 is 0 Å². The van der Waals surface area contributed by atoms with Crippen LogP contribution in [0.15, 0.2) is 41.3 Å². The Morgan fingerprint density at radius 2 is 2.02 bits per heavy atom. The number of aryl methyl sites for hydroxylation is 1. The van der Waals surface area contributed by atoms with Crippen LogP contribution in [-0.2, 0) is 22.6 Å². The van der Waals surface area contributed by atoms with Gasteiger partial charge in [0, 0.05) is 30.8 Å². The fourth-order valence-corrected chi connectivity index (χ4v) is 6.30. The molecule has 4 fully saturated rings. The Hall–Kier alpha value is -3.50. The predicted molar refractivity (Wildman–Crippen MR) is 148 cm³/mol. The van der Waals surface area contributed by atoms with Crippen molar-refractivity contribution in [3.05, 3.63) is 52.6 Å². The number of aromatic nitrogens is 3. The van der Waals surface area contributed by atoms with E-state index in [4.69, 9.17) is 14.2 Å². The van der Waals surface area contributed by atoms with Gasteiger partial charge in [0.25, 0.3) is 11.5 Å². The summed E-state index contributed by atoms with van der Waals surface area (Å²) >= 11 is 0. The molecule has 0 radical (unpaired) electrons. The van der Waals surface area contributed by atoms with Gasteiger partial charge in [-0.3, -0.25) is 14.6 Å². The maximum absolute atomic E-state index is 12.9. The van der Waals surface area contributed by atoms with Crippen molar-refractivity contribution >= 4 is 22.8 Å². The second-order valence-corrected chi connectivity index (χ2v) is 12.0. The van der Waals surface area contributed by atoms with Crippen LogP contribution in [0.5, 0.6) is 11.5 Å². The molecule has 10 nitrogen and oxygen atoms in total. The third-order valence-corrected chi connectivity index (χ3v) is 9.29. The highest BCUT2D eigenvalue weighted by atomic mass is 16.5. The fourth-order valence-electron chi connectivity index (χ4n) is 6.30. The van der Waals surface area contributed by atoms with E-state index < -0.39 is 0 Å². The van der Waals surface area contributed by atoms with Crippen LogP contribution in [0.2, 0.25) is 0 Å². The summed E-state index contributed by atoms with van der Waals surface area (Å²) in [6, 6.07) is 9.13. The Kier molecular flexibility index (Phi) is 6.27. The average Bonchev–Trinajstić information content (AvgIpc) is 3.70. The Bertz CT molecular complexity index is 1500. The molecule has 2 atom stereocenters. The zero-order valence-electron chi connectivity index (χ0n) is 22.8. The minimum atomic E-state index is -0.222. The number of pyridine rings is 3. The standard InChI is InChI=1S/C30H35N5O5/c1-19-12-20(19)16-38-22-13-24-23(31-15-22)3-5-27(37)35(24)11-10-30-8-6-29(7-9-30,18-40-30)32-14-21-2-4-25-28(33-21)34-26(36)17-39-25/h2-5,13,15,19-20,32H,6-12,14,16-18H2,1H3,(H,33,34,36). The van der Waals surface area contributed by atoms with Crippen LogP contribution in [0.25, 0.3) is 11.0 Å². The van der Waals surface area contributed by atoms with Crippen molar-refractivity contribution in [3.63, 3.8) is 0 Å². The van der Waals surface area contributed by atoms with E-state index in [0.29, 0.717) is 43.8 Å². The first-order valence-electron chi connectivity index (χ1n) is 14.3. The molecule has 2 N–H and O–H groups in total. The molecule has 3 aliphatic heterocycles. The van der Waals surface area contributed by atoms with Crippen LogP contribution in [0.4, 0.5) is 5.82 Å². The first kappa shape index (κ1) is 25.5. The molecule has 2 saturated heterocycles. The number of nitrogens with zero attached hydrogens (tertiary/aromatic N) is 3. The molecular weight excluding hydrogens is 510 g/mol. The molecule has 2 saturated carbocycles. The molecule has 2 unspecified atom stereocenters. The van der Waals surface area contributed by atoms with Crippen LogP contribution >= 0.6 is 0 Å². The largest absolute Gasteiger partial charge is 0.492 e. The summed E-state index contributed by atoms with van der Waals surface area (Å²) in [6.45, 7) is 4.76. The van der Waals surface area contributed by atoms with Crippen molar-refractivity contribution < 1.29 is 19.0 Å². The van der Waals surface area contributed by atoms with Crippen LogP contribution < -0.4 is 25.7 Å². The van der Waals surface area contributed by atoms with E-state index in [1.807, 2.05) is 22.8 Å². The summed E-state index contributed by atoms with van der Waals surface area (Å²) in [6.07, 6.45) is 7.62. The lowest BCUT2D eigenvalue weighted by atomic mass is 9.70. The van der Waals surface area contributed by atoms with Gasteiger partial charge < -0.3 is 29.4 Å². The lowest BCUT2D eigenvalue weighted by Gasteiger charge is -2.53. The second kappa shape index (κ2) is 9.85. The molecule has 2 aliphatic carbocycles. The molecule has 10 heteroatoms. The fraction of sp³-hybridized carbons (Fsp3) is 0.533. The molecule has 3 aromatic rings. The number of ether oxygens (including phenoxy) is 3. The van der Waals surface area contributed by atoms with E-state index in [0.717, 1.165) is 60.5 Å². The Balaban J connectivity index is 0.988. The van der Waals surface area contributed by atoms with E-state index in [9.17, 15) is 9.59 Å². The first-order valence-corrected chi connectivity index (χ1v) is 14.3.